The zero-order valence-electron chi connectivity index (χ0n) is 12.8. The molecule has 0 aliphatic rings. The molecule has 0 aliphatic carbocycles. The maximum atomic E-state index is 11.8. The molecule has 2 N–H and O–H groups in total. The number of urea groups is 1. The van der Waals surface area contributed by atoms with Crippen molar-refractivity contribution in [3.63, 3.8) is 0 Å². The summed E-state index contributed by atoms with van der Waals surface area (Å²) in [5.74, 6) is -1.49. The first-order chi connectivity index (χ1) is 9.90. The van der Waals surface area contributed by atoms with Crippen molar-refractivity contribution in [1.82, 2.24) is 10.6 Å². The lowest BCUT2D eigenvalue weighted by molar-refractivity contribution is -0.309. The van der Waals surface area contributed by atoms with Crippen LogP contribution in [0.25, 0.3) is 0 Å². The molecule has 0 radical (unpaired) electrons. The normalized spacial score (nSPS) is 13.5. The van der Waals surface area contributed by atoms with Crippen molar-refractivity contribution in [3.8, 4) is 0 Å². The van der Waals surface area contributed by atoms with Crippen LogP contribution in [0.3, 0.4) is 0 Å². The third kappa shape index (κ3) is 6.29. The van der Waals surface area contributed by atoms with Crippen molar-refractivity contribution in [2.24, 2.45) is 5.92 Å². The van der Waals surface area contributed by atoms with Gasteiger partial charge in [-0.25, -0.2) is 4.79 Å². The second kappa shape index (κ2) is 8.29. The van der Waals surface area contributed by atoms with Crippen LogP contribution in [0.1, 0.15) is 32.8 Å². The number of carboxylic acids is 1. The van der Waals surface area contributed by atoms with Crippen molar-refractivity contribution >= 4 is 12.0 Å². The number of aryl methyl sites for hydroxylation is 1. The molecule has 2 atom stereocenters. The molecule has 0 saturated carbocycles. The SMILES string of the molecule is CC(C)[C@H](NC(=O)N[C@@H](C)CCc1ccccc1)C(=O)[O-]. The molecule has 1 rings (SSSR count). The minimum absolute atomic E-state index is 0.0419. The smallest absolute Gasteiger partial charge is 0.315 e. The Kier molecular flexibility index (Phi) is 6.72. The van der Waals surface area contributed by atoms with Crippen LogP contribution in [0.15, 0.2) is 30.3 Å². The first kappa shape index (κ1) is 17.0. The molecular formula is C16H23N2O3-. The molecule has 2 amide bonds. The van der Waals surface area contributed by atoms with E-state index in [-0.39, 0.29) is 12.0 Å². The largest absolute Gasteiger partial charge is 0.548 e. The van der Waals surface area contributed by atoms with E-state index in [1.807, 2.05) is 37.3 Å². The summed E-state index contributed by atoms with van der Waals surface area (Å²) in [4.78, 5) is 22.7. The fourth-order valence-corrected chi connectivity index (χ4v) is 2.00. The molecular weight excluding hydrogens is 268 g/mol. The van der Waals surface area contributed by atoms with Crippen LogP contribution in [0.4, 0.5) is 4.79 Å². The third-order valence-electron chi connectivity index (χ3n) is 3.29. The summed E-state index contributed by atoms with van der Waals surface area (Å²) >= 11 is 0. The van der Waals surface area contributed by atoms with Crippen LogP contribution in [0.2, 0.25) is 0 Å². The molecule has 0 unspecified atom stereocenters. The highest BCUT2D eigenvalue weighted by molar-refractivity contribution is 5.81. The van der Waals surface area contributed by atoms with Gasteiger partial charge in [0, 0.05) is 6.04 Å². The minimum Gasteiger partial charge on any atom is -0.548 e. The van der Waals surface area contributed by atoms with Gasteiger partial charge in [0.05, 0.1) is 12.0 Å². The summed E-state index contributed by atoms with van der Waals surface area (Å²) in [6, 6.07) is 8.50. The van der Waals surface area contributed by atoms with Gasteiger partial charge in [0.15, 0.2) is 0 Å². The molecule has 116 valence electrons. The number of nitrogens with one attached hydrogen (secondary N) is 2. The van der Waals surface area contributed by atoms with Gasteiger partial charge in [-0.2, -0.15) is 0 Å². The Balaban J connectivity index is 2.38. The van der Waals surface area contributed by atoms with Crippen molar-refractivity contribution in [2.75, 3.05) is 0 Å². The lowest BCUT2D eigenvalue weighted by Crippen LogP contribution is -2.54. The second-order valence-corrected chi connectivity index (χ2v) is 5.58. The topological polar surface area (TPSA) is 81.3 Å². The van der Waals surface area contributed by atoms with Gasteiger partial charge < -0.3 is 20.5 Å². The number of carbonyl (C=O) groups is 2. The quantitative estimate of drug-likeness (QED) is 0.789. The summed E-state index contributed by atoms with van der Waals surface area (Å²) in [5, 5.41) is 16.1. The summed E-state index contributed by atoms with van der Waals surface area (Å²) in [6.07, 6.45) is 1.64. The molecule has 0 heterocycles. The van der Waals surface area contributed by atoms with E-state index < -0.39 is 18.0 Å². The van der Waals surface area contributed by atoms with E-state index in [2.05, 4.69) is 10.6 Å². The molecule has 1 aromatic rings. The Morgan fingerprint density at radius 3 is 2.24 bits per heavy atom. The Morgan fingerprint density at radius 2 is 1.71 bits per heavy atom. The van der Waals surface area contributed by atoms with Gasteiger partial charge in [-0.05, 0) is 31.2 Å². The molecule has 0 aliphatic heterocycles. The maximum absolute atomic E-state index is 11.8. The number of amides is 2. The third-order valence-corrected chi connectivity index (χ3v) is 3.29. The number of rotatable bonds is 7. The molecule has 0 fully saturated rings. The Hall–Kier alpha value is -2.04. The van der Waals surface area contributed by atoms with Crippen LogP contribution in [-0.4, -0.2) is 24.1 Å². The van der Waals surface area contributed by atoms with E-state index in [1.54, 1.807) is 13.8 Å². The van der Waals surface area contributed by atoms with Gasteiger partial charge >= 0.3 is 6.03 Å². The number of hydrogen-bond acceptors (Lipinski definition) is 3. The van der Waals surface area contributed by atoms with Crippen molar-refractivity contribution in [2.45, 2.75) is 45.7 Å². The first-order valence-electron chi connectivity index (χ1n) is 7.22. The standard InChI is InChI=1S/C16H24N2O3/c1-11(2)14(15(19)20)18-16(21)17-12(3)9-10-13-7-5-4-6-8-13/h4-8,11-12,14H,9-10H2,1-3H3,(H,19,20)(H2,17,18,21)/p-1/t12-,14-/m0/s1. The Labute approximate surface area is 125 Å². The molecule has 0 spiro atoms. The average Bonchev–Trinajstić information content (AvgIpc) is 2.43. The fraction of sp³-hybridized carbons (Fsp3) is 0.500. The fourth-order valence-electron chi connectivity index (χ4n) is 2.00. The number of carboxylic acid groups (broad SMARTS) is 1. The van der Waals surface area contributed by atoms with Crippen LogP contribution in [-0.2, 0) is 11.2 Å². The maximum Gasteiger partial charge on any atom is 0.315 e. The van der Waals surface area contributed by atoms with E-state index in [0.717, 1.165) is 12.8 Å². The Bertz CT molecular complexity index is 460. The number of benzene rings is 1. The number of carbonyl (C=O) groups excluding carboxylic acids is 2. The van der Waals surface area contributed by atoms with Gasteiger partial charge in [-0.3, -0.25) is 0 Å². The zero-order chi connectivity index (χ0) is 15.8. The number of hydrogen-bond donors (Lipinski definition) is 2. The molecule has 5 heteroatoms. The Morgan fingerprint density at radius 1 is 1.10 bits per heavy atom. The van der Waals surface area contributed by atoms with Crippen LogP contribution in [0.5, 0.6) is 0 Å². The predicted molar refractivity (Wildman–Crippen MR) is 79.5 cm³/mol. The zero-order valence-corrected chi connectivity index (χ0v) is 12.8. The van der Waals surface area contributed by atoms with Crippen LogP contribution < -0.4 is 15.7 Å². The molecule has 21 heavy (non-hydrogen) atoms. The average molecular weight is 291 g/mol. The van der Waals surface area contributed by atoms with Gasteiger partial charge in [0.25, 0.3) is 0 Å². The van der Waals surface area contributed by atoms with Crippen LogP contribution >= 0.6 is 0 Å². The monoisotopic (exact) mass is 291 g/mol. The number of aliphatic carboxylic acids is 1. The predicted octanol–water partition coefficient (Wildman–Crippen LogP) is 1.08. The lowest BCUT2D eigenvalue weighted by Gasteiger charge is -2.24. The summed E-state index contributed by atoms with van der Waals surface area (Å²) < 4.78 is 0. The van der Waals surface area contributed by atoms with E-state index >= 15 is 0 Å². The molecule has 0 bridgehead atoms. The summed E-state index contributed by atoms with van der Waals surface area (Å²) in [5.41, 5.74) is 1.21. The lowest BCUT2D eigenvalue weighted by atomic mass is 10.0. The van der Waals surface area contributed by atoms with Gasteiger partial charge in [0.2, 0.25) is 0 Å². The van der Waals surface area contributed by atoms with E-state index in [4.69, 9.17) is 0 Å². The summed E-state index contributed by atoms with van der Waals surface area (Å²) in [7, 11) is 0. The van der Waals surface area contributed by atoms with Gasteiger partial charge in [-0.15, -0.1) is 0 Å². The second-order valence-electron chi connectivity index (χ2n) is 5.58. The highest BCUT2D eigenvalue weighted by Crippen LogP contribution is 2.05. The highest BCUT2D eigenvalue weighted by atomic mass is 16.4. The molecule has 1 aromatic carbocycles. The molecule has 0 saturated heterocycles. The highest BCUT2D eigenvalue weighted by Gasteiger charge is 2.18. The molecule has 5 nitrogen and oxygen atoms in total. The minimum atomic E-state index is -1.27. The summed E-state index contributed by atoms with van der Waals surface area (Å²) in [6.45, 7) is 5.34. The van der Waals surface area contributed by atoms with Crippen molar-refractivity contribution in [1.29, 1.82) is 0 Å². The molecule has 0 aromatic heterocycles. The van der Waals surface area contributed by atoms with Gasteiger partial charge in [0.1, 0.15) is 0 Å². The van der Waals surface area contributed by atoms with E-state index in [9.17, 15) is 14.7 Å². The van der Waals surface area contributed by atoms with Gasteiger partial charge in [-0.1, -0.05) is 44.2 Å². The first-order valence-corrected chi connectivity index (χ1v) is 7.22. The van der Waals surface area contributed by atoms with Crippen molar-refractivity contribution in [3.05, 3.63) is 35.9 Å². The van der Waals surface area contributed by atoms with E-state index in [0.29, 0.717) is 0 Å². The van der Waals surface area contributed by atoms with E-state index in [1.165, 1.54) is 5.56 Å². The van der Waals surface area contributed by atoms with Crippen molar-refractivity contribution < 1.29 is 14.7 Å². The van der Waals surface area contributed by atoms with Crippen LogP contribution in [0, 0.1) is 5.92 Å².